The second kappa shape index (κ2) is 6.35. The van der Waals surface area contributed by atoms with Crippen molar-refractivity contribution >= 4 is 11.9 Å². The average molecular weight is 337 g/mol. The highest BCUT2D eigenvalue weighted by atomic mass is 15.3. The number of rotatable bonds is 3. The number of hydrogen-bond donors (Lipinski definition) is 1. The van der Waals surface area contributed by atoms with Crippen molar-refractivity contribution in [2.45, 2.75) is 50.6 Å². The molecular formula is C19H25N6+. The molecule has 1 aliphatic carbocycles. The molecule has 1 saturated heterocycles. The van der Waals surface area contributed by atoms with Crippen LogP contribution in [0.5, 0.6) is 0 Å². The van der Waals surface area contributed by atoms with Crippen LogP contribution >= 0.6 is 0 Å². The van der Waals surface area contributed by atoms with Crippen molar-refractivity contribution in [3.8, 4) is 11.1 Å². The monoisotopic (exact) mass is 337 g/mol. The van der Waals surface area contributed by atoms with E-state index in [1.807, 2.05) is 17.8 Å². The molecule has 2 aliphatic heterocycles. The Bertz CT molecular complexity index is 781. The number of aromatic nitrogens is 3. The van der Waals surface area contributed by atoms with Crippen LogP contribution in [0.3, 0.4) is 0 Å². The number of pyridine rings is 1. The van der Waals surface area contributed by atoms with E-state index in [0.29, 0.717) is 6.04 Å². The molecule has 3 aliphatic rings. The molecule has 0 amide bonds. The molecule has 0 unspecified atom stereocenters. The van der Waals surface area contributed by atoms with Crippen molar-refractivity contribution in [2.24, 2.45) is 5.10 Å². The van der Waals surface area contributed by atoms with E-state index in [-0.39, 0.29) is 0 Å². The van der Waals surface area contributed by atoms with Crippen LogP contribution < -0.4 is 5.43 Å². The lowest BCUT2D eigenvalue weighted by Gasteiger charge is -2.36. The molecule has 0 spiro atoms. The maximum atomic E-state index is 4.66. The Hall–Kier alpha value is -2.05. The zero-order chi connectivity index (χ0) is 16.6. The van der Waals surface area contributed by atoms with Gasteiger partial charge in [0, 0.05) is 48.7 Å². The van der Waals surface area contributed by atoms with Gasteiger partial charge in [0.1, 0.15) is 11.9 Å². The molecule has 5 rings (SSSR count). The number of quaternary nitrogens is 1. The van der Waals surface area contributed by atoms with E-state index in [4.69, 9.17) is 0 Å². The van der Waals surface area contributed by atoms with Gasteiger partial charge in [0.2, 0.25) is 0 Å². The van der Waals surface area contributed by atoms with E-state index >= 15 is 0 Å². The summed E-state index contributed by atoms with van der Waals surface area (Å²) in [6, 6.07) is 3.54. The second-order valence-electron chi connectivity index (χ2n) is 7.52. The number of nitrogens with zero attached hydrogens (tertiary/aromatic N) is 5. The van der Waals surface area contributed by atoms with E-state index in [1.54, 1.807) is 6.21 Å². The van der Waals surface area contributed by atoms with E-state index in [0.717, 1.165) is 28.6 Å². The Morgan fingerprint density at radius 2 is 1.80 bits per heavy atom. The lowest BCUT2D eigenvalue weighted by molar-refractivity contribution is -0.573. The summed E-state index contributed by atoms with van der Waals surface area (Å²) in [5.41, 5.74) is 6.18. The van der Waals surface area contributed by atoms with Crippen LogP contribution in [-0.2, 0) is 0 Å². The van der Waals surface area contributed by atoms with Crippen molar-refractivity contribution in [3.63, 3.8) is 0 Å². The van der Waals surface area contributed by atoms with Crippen molar-refractivity contribution in [2.75, 3.05) is 13.1 Å². The second-order valence-corrected chi connectivity index (χ2v) is 7.52. The first-order chi connectivity index (χ1) is 12.4. The fraction of sp³-hybridized carbons (Fsp3) is 0.526. The standard InChI is InChI=1S/C19H24N6/c1-2-4-16(3-1)24-7-5-17(6-8-24)25-13-15(11-22-25)14-9-18-19(20-10-14)12-21-23-18/h9-13,16-17H,1-8H2,(H,21,23)/p+1. The summed E-state index contributed by atoms with van der Waals surface area (Å²) in [6.45, 7) is 2.44. The van der Waals surface area contributed by atoms with Crippen molar-refractivity contribution < 1.29 is 5.43 Å². The Balaban J connectivity index is 1.27. The third-order valence-electron chi connectivity index (χ3n) is 6.01. The highest BCUT2D eigenvalue weighted by Crippen LogP contribution is 2.30. The van der Waals surface area contributed by atoms with Gasteiger partial charge >= 0.3 is 0 Å². The zero-order valence-electron chi connectivity index (χ0n) is 14.5. The number of likely N-dealkylation sites (tertiary alicyclic amines) is 1. The van der Waals surface area contributed by atoms with E-state index < -0.39 is 0 Å². The number of piperidine rings is 1. The molecule has 0 bridgehead atoms. The molecule has 4 heterocycles. The van der Waals surface area contributed by atoms with Gasteiger partial charge in [-0.2, -0.15) is 10.5 Å². The normalized spacial score (nSPS) is 21.9. The highest BCUT2D eigenvalue weighted by Gasteiger charge is 2.28. The maximum Gasteiger partial charge on any atom is 0.184 e. The molecular weight excluding hydrogens is 312 g/mol. The minimum Gasteiger partial charge on any atom is -0.300 e. The Kier molecular flexibility index (Phi) is 3.87. The predicted molar refractivity (Wildman–Crippen MR) is 96.7 cm³/mol. The van der Waals surface area contributed by atoms with Gasteiger partial charge in [-0.05, 0) is 25.7 Å². The topological polar surface area (TPSA) is 62.9 Å². The SMILES string of the molecule is C1=N[NH2+]c2cc(-c3cnn(C4CCN(C5CCCC5)CC4)c3)cnc21. The number of nitrogens with two attached hydrogens (primary N) is 1. The maximum absolute atomic E-state index is 4.66. The molecule has 1 saturated carbocycles. The molecule has 2 N–H and O–H groups in total. The third-order valence-corrected chi connectivity index (χ3v) is 6.01. The average Bonchev–Trinajstić information content (AvgIpc) is 3.42. The van der Waals surface area contributed by atoms with Crippen LogP contribution in [0.1, 0.15) is 50.3 Å². The molecule has 25 heavy (non-hydrogen) atoms. The molecule has 2 aromatic heterocycles. The van der Waals surface area contributed by atoms with Crippen LogP contribution in [-0.4, -0.2) is 45.0 Å². The summed E-state index contributed by atoms with van der Waals surface area (Å²) in [4.78, 5) is 7.20. The lowest BCUT2D eigenvalue weighted by atomic mass is 10.0. The molecule has 6 nitrogen and oxygen atoms in total. The Morgan fingerprint density at radius 3 is 2.64 bits per heavy atom. The van der Waals surface area contributed by atoms with Crippen LogP contribution in [0.15, 0.2) is 29.8 Å². The van der Waals surface area contributed by atoms with Gasteiger partial charge in [0.15, 0.2) is 5.69 Å². The summed E-state index contributed by atoms with van der Waals surface area (Å²) < 4.78 is 2.18. The Labute approximate surface area is 147 Å². The molecule has 130 valence electrons. The van der Waals surface area contributed by atoms with E-state index in [9.17, 15) is 0 Å². The summed E-state index contributed by atoms with van der Waals surface area (Å²) in [7, 11) is 0. The third kappa shape index (κ3) is 2.89. The van der Waals surface area contributed by atoms with Gasteiger partial charge in [0.25, 0.3) is 0 Å². The molecule has 2 fully saturated rings. The van der Waals surface area contributed by atoms with Gasteiger partial charge in [0.05, 0.1) is 12.2 Å². The molecule has 0 aromatic carbocycles. The fourth-order valence-corrected chi connectivity index (χ4v) is 4.52. The van der Waals surface area contributed by atoms with Crippen LogP contribution in [0.2, 0.25) is 0 Å². The first-order valence-electron chi connectivity index (χ1n) is 9.52. The number of fused-ring (bicyclic) bond motifs is 1. The molecule has 2 aromatic rings. The first-order valence-corrected chi connectivity index (χ1v) is 9.52. The zero-order valence-corrected chi connectivity index (χ0v) is 14.5. The minimum absolute atomic E-state index is 0.531. The first kappa shape index (κ1) is 15.2. The van der Waals surface area contributed by atoms with Gasteiger partial charge in [-0.15, -0.1) is 0 Å². The smallest absolute Gasteiger partial charge is 0.184 e. The van der Waals surface area contributed by atoms with Crippen molar-refractivity contribution in [1.29, 1.82) is 0 Å². The van der Waals surface area contributed by atoms with Crippen LogP contribution in [0.25, 0.3) is 11.1 Å². The quantitative estimate of drug-likeness (QED) is 0.872. The van der Waals surface area contributed by atoms with Crippen molar-refractivity contribution in [3.05, 3.63) is 30.4 Å². The highest BCUT2D eigenvalue weighted by molar-refractivity contribution is 5.85. The summed E-state index contributed by atoms with van der Waals surface area (Å²) in [6.07, 6.45) is 16.0. The Morgan fingerprint density at radius 1 is 0.960 bits per heavy atom. The van der Waals surface area contributed by atoms with Gasteiger partial charge in [-0.1, -0.05) is 17.9 Å². The molecule has 6 heteroatoms. The minimum atomic E-state index is 0.531. The summed E-state index contributed by atoms with van der Waals surface area (Å²) >= 11 is 0. The molecule has 0 radical (unpaired) electrons. The van der Waals surface area contributed by atoms with Crippen LogP contribution in [0, 0.1) is 0 Å². The van der Waals surface area contributed by atoms with Gasteiger partial charge < -0.3 is 4.90 Å². The van der Waals surface area contributed by atoms with E-state index in [2.05, 4.69) is 37.0 Å². The number of hydrogen-bond acceptors (Lipinski definition) is 4. The summed E-state index contributed by atoms with van der Waals surface area (Å²) in [5.74, 6) is 0. The van der Waals surface area contributed by atoms with E-state index in [1.165, 1.54) is 51.6 Å². The predicted octanol–water partition coefficient (Wildman–Crippen LogP) is 2.07. The fourth-order valence-electron chi connectivity index (χ4n) is 4.52. The largest absolute Gasteiger partial charge is 0.300 e. The van der Waals surface area contributed by atoms with Gasteiger partial charge in [-0.25, -0.2) is 4.98 Å². The lowest BCUT2D eigenvalue weighted by Crippen LogP contribution is -2.69. The summed E-state index contributed by atoms with van der Waals surface area (Å²) in [5, 5.41) is 8.83. The molecule has 0 atom stereocenters. The van der Waals surface area contributed by atoms with Crippen LogP contribution in [0.4, 0.5) is 5.69 Å². The van der Waals surface area contributed by atoms with Crippen molar-refractivity contribution in [1.82, 2.24) is 19.7 Å². The van der Waals surface area contributed by atoms with Gasteiger partial charge in [-0.3, -0.25) is 4.68 Å².